The van der Waals surface area contributed by atoms with Crippen molar-refractivity contribution in [3.05, 3.63) is 58.2 Å². The van der Waals surface area contributed by atoms with Crippen LogP contribution in [0.3, 0.4) is 0 Å². The van der Waals surface area contributed by atoms with Gasteiger partial charge >= 0.3 is 0 Å². The molecule has 2 saturated carbocycles. The summed E-state index contributed by atoms with van der Waals surface area (Å²) >= 11 is 0. The van der Waals surface area contributed by atoms with Crippen molar-refractivity contribution < 1.29 is 4.79 Å². The summed E-state index contributed by atoms with van der Waals surface area (Å²) in [7, 11) is 0. The normalized spacial score (nSPS) is 41.6. The van der Waals surface area contributed by atoms with E-state index in [9.17, 15) is 4.79 Å². The summed E-state index contributed by atoms with van der Waals surface area (Å²) in [6, 6.07) is 11.7. The third kappa shape index (κ3) is 1.39. The van der Waals surface area contributed by atoms with E-state index in [2.05, 4.69) is 30.3 Å². The SMILES string of the molecule is O=C1c2cc3c4cccc3cc2CCC1C12CCC(C1)C1=C2C2CCC14CC2. The van der Waals surface area contributed by atoms with Crippen LogP contribution in [0.25, 0.3) is 10.8 Å². The maximum atomic E-state index is 13.9. The van der Waals surface area contributed by atoms with E-state index in [4.69, 9.17) is 0 Å². The highest BCUT2D eigenvalue weighted by Crippen LogP contribution is 2.73. The minimum absolute atomic E-state index is 0.229. The van der Waals surface area contributed by atoms with Gasteiger partial charge in [0.25, 0.3) is 0 Å². The highest BCUT2D eigenvalue weighted by Gasteiger charge is 2.65. The van der Waals surface area contributed by atoms with Crippen LogP contribution in [0.15, 0.2) is 41.5 Å². The van der Waals surface area contributed by atoms with E-state index in [1.807, 2.05) is 11.1 Å². The number of allylic oxidation sites excluding steroid dienone is 2. The first-order valence-corrected chi connectivity index (χ1v) is 11.6. The van der Waals surface area contributed by atoms with Gasteiger partial charge in [-0.05, 0) is 97.6 Å². The van der Waals surface area contributed by atoms with E-state index in [0.717, 1.165) is 30.2 Å². The van der Waals surface area contributed by atoms with Gasteiger partial charge in [0.15, 0.2) is 5.78 Å². The second kappa shape index (κ2) is 4.48. The van der Waals surface area contributed by atoms with Crippen LogP contribution in [0.2, 0.25) is 0 Å². The molecular formula is C27H26O. The Balaban J connectivity index is 1.60. The molecule has 7 aliphatic rings. The Hall–Kier alpha value is -1.89. The van der Waals surface area contributed by atoms with Crippen molar-refractivity contribution in [2.45, 2.75) is 63.2 Å². The molecule has 140 valence electrons. The number of carbonyl (C=O) groups is 1. The molecule has 1 nitrogen and oxygen atoms in total. The zero-order valence-electron chi connectivity index (χ0n) is 16.4. The monoisotopic (exact) mass is 366 g/mol. The van der Waals surface area contributed by atoms with Crippen LogP contribution in [0, 0.1) is 23.2 Å². The van der Waals surface area contributed by atoms with Crippen molar-refractivity contribution in [1.82, 2.24) is 0 Å². The molecule has 2 fully saturated rings. The van der Waals surface area contributed by atoms with Crippen molar-refractivity contribution in [3.8, 4) is 0 Å². The van der Waals surface area contributed by atoms with Gasteiger partial charge in [-0.25, -0.2) is 0 Å². The molecule has 28 heavy (non-hydrogen) atoms. The predicted molar refractivity (Wildman–Crippen MR) is 111 cm³/mol. The first-order valence-electron chi connectivity index (χ1n) is 11.6. The topological polar surface area (TPSA) is 17.1 Å². The Morgan fingerprint density at radius 1 is 0.893 bits per heavy atom. The highest BCUT2D eigenvalue weighted by atomic mass is 16.1. The van der Waals surface area contributed by atoms with Gasteiger partial charge in [-0.2, -0.15) is 0 Å². The molecule has 9 bridgehead atoms. The van der Waals surface area contributed by atoms with Gasteiger partial charge in [0.05, 0.1) is 0 Å². The van der Waals surface area contributed by atoms with E-state index >= 15 is 0 Å². The number of aryl methyl sites for hydroxylation is 1. The molecule has 0 heterocycles. The van der Waals surface area contributed by atoms with Crippen LogP contribution in [0.5, 0.6) is 0 Å². The van der Waals surface area contributed by atoms with Crippen molar-refractivity contribution in [2.24, 2.45) is 23.2 Å². The lowest BCUT2D eigenvalue weighted by molar-refractivity contribution is 0.0737. The van der Waals surface area contributed by atoms with Gasteiger partial charge in [0.2, 0.25) is 0 Å². The Kier molecular flexibility index (Phi) is 2.40. The molecule has 7 aliphatic carbocycles. The number of ketones is 1. The van der Waals surface area contributed by atoms with Gasteiger partial charge in [0.1, 0.15) is 0 Å². The Morgan fingerprint density at radius 3 is 2.64 bits per heavy atom. The Bertz CT molecular complexity index is 1140. The lowest BCUT2D eigenvalue weighted by Crippen LogP contribution is -2.47. The lowest BCUT2D eigenvalue weighted by Gasteiger charge is -2.55. The molecule has 0 N–H and O–H groups in total. The van der Waals surface area contributed by atoms with E-state index in [-0.39, 0.29) is 16.7 Å². The molecule has 0 aromatic heterocycles. The molecule has 2 aromatic rings. The van der Waals surface area contributed by atoms with Crippen LogP contribution < -0.4 is 0 Å². The molecule has 0 saturated heterocycles. The highest BCUT2D eigenvalue weighted by molar-refractivity contribution is 6.05. The fraction of sp³-hybridized carbons (Fsp3) is 0.519. The Labute approximate surface area is 166 Å². The molecule has 2 aromatic carbocycles. The summed E-state index contributed by atoms with van der Waals surface area (Å²) in [5.74, 6) is 2.30. The van der Waals surface area contributed by atoms with E-state index in [0.29, 0.717) is 5.78 Å². The number of hydrogen-bond acceptors (Lipinski definition) is 1. The molecule has 0 aliphatic heterocycles. The standard InChI is InChI=1S/C27H26O/c28-25-20-13-19-16-2-1-3-21(19)26-9-6-15(7-10-26)23-24(26)18-8-11-27(23,14-18)22(25)5-4-17(20)12-16/h1-3,12-13,15,18,22H,4-11,14H2. The second-order valence-corrected chi connectivity index (χ2v) is 10.8. The number of hydrogen-bond donors (Lipinski definition) is 0. The average molecular weight is 367 g/mol. The summed E-state index contributed by atoms with van der Waals surface area (Å²) in [6.07, 6.45) is 11.5. The number of fused-ring (bicyclic) bond motifs is 4. The molecule has 2 spiro atoms. The predicted octanol–water partition coefficient (Wildman–Crippen LogP) is 6.14. The van der Waals surface area contributed by atoms with Gasteiger partial charge < -0.3 is 0 Å². The van der Waals surface area contributed by atoms with Crippen LogP contribution in [0.4, 0.5) is 0 Å². The summed E-state index contributed by atoms with van der Waals surface area (Å²) in [5, 5.41) is 2.76. The number of carbonyl (C=O) groups excluding carboxylic acids is 1. The maximum absolute atomic E-state index is 13.9. The maximum Gasteiger partial charge on any atom is 0.167 e. The first kappa shape index (κ1) is 15.0. The molecule has 0 amide bonds. The lowest BCUT2D eigenvalue weighted by atomic mass is 9.48. The summed E-state index contributed by atoms with van der Waals surface area (Å²) in [4.78, 5) is 13.9. The fourth-order valence-corrected chi connectivity index (χ4v) is 9.29. The van der Waals surface area contributed by atoms with Gasteiger partial charge in [-0.1, -0.05) is 35.4 Å². The molecule has 9 rings (SSSR count). The number of benzene rings is 2. The summed E-state index contributed by atoms with van der Waals surface area (Å²) in [6.45, 7) is 0. The average Bonchev–Trinajstić information content (AvgIpc) is 3.32. The zero-order valence-corrected chi connectivity index (χ0v) is 16.4. The largest absolute Gasteiger partial charge is 0.294 e. The quantitative estimate of drug-likeness (QED) is 0.512. The molecule has 3 atom stereocenters. The fourth-order valence-electron chi connectivity index (χ4n) is 9.29. The van der Waals surface area contributed by atoms with Crippen LogP contribution >= 0.6 is 0 Å². The van der Waals surface area contributed by atoms with Crippen LogP contribution in [-0.2, 0) is 11.8 Å². The molecule has 3 unspecified atom stereocenters. The first-order chi connectivity index (χ1) is 13.7. The minimum Gasteiger partial charge on any atom is -0.294 e. The van der Waals surface area contributed by atoms with Gasteiger partial charge in [-0.3, -0.25) is 4.79 Å². The van der Waals surface area contributed by atoms with E-state index in [1.54, 1.807) is 5.56 Å². The Morgan fingerprint density at radius 2 is 1.75 bits per heavy atom. The van der Waals surface area contributed by atoms with Crippen molar-refractivity contribution in [1.29, 1.82) is 0 Å². The zero-order chi connectivity index (χ0) is 18.3. The third-order valence-electron chi connectivity index (χ3n) is 10.1. The van der Waals surface area contributed by atoms with Crippen molar-refractivity contribution in [3.63, 3.8) is 0 Å². The molecular weight excluding hydrogens is 340 g/mol. The summed E-state index contributed by atoms with van der Waals surface area (Å²) in [5.41, 5.74) is 8.17. The molecule has 1 heteroatoms. The van der Waals surface area contributed by atoms with Crippen LogP contribution in [-0.4, -0.2) is 5.78 Å². The van der Waals surface area contributed by atoms with Crippen molar-refractivity contribution >= 4 is 16.6 Å². The minimum atomic E-state index is 0.229. The summed E-state index contributed by atoms with van der Waals surface area (Å²) < 4.78 is 0. The van der Waals surface area contributed by atoms with Gasteiger partial charge in [0, 0.05) is 22.3 Å². The molecule has 0 radical (unpaired) electrons. The smallest absolute Gasteiger partial charge is 0.167 e. The second-order valence-electron chi connectivity index (χ2n) is 10.8. The van der Waals surface area contributed by atoms with Crippen LogP contribution in [0.1, 0.15) is 72.9 Å². The number of rotatable bonds is 0. The van der Waals surface area contributed by atoms with E-state index < -0.39 is 0 Å². The van der Waals surface area contributed by atoms with Gasteiger partial charge in [-0.15, -0.1) is 0 Å². The van der Waals surface area contributed by atoms with Crippen molar-refractivity contribution in [2.75, 3.05) is 0 Å². The number of Topliss-reactive ketones (excluding diaryl/α,β-unsaturated/α-hetero) is 1. The third-order valence-corrected chi connectivity index (χ3v) is 10.1. The van der Waals surface area contributed by atoms with E-state index in [1.165, 1.54) is 61.3 Å².